The molecule has 0 aromatic carbocycles. The van der Waals surface area contributed by atoms with Crippen LogP contribution in [0.1, 0.15) is 42.5 Å². The van der Waals surface area contributed by atoms with Crippen LogP contribution in [0, 0.1) is 5.41 Å². The lowest BCUT2D eigenvalue weighted by Crippen LogP contribution is -2.52. The Labute approximate surface area is 163 Å². The number of hydrogen-bond donors (Lipinski definition) is 1. The third-order valence-electron chi connectivity index (χ3n) is 5.74. The van der Waals surface area contributed by atoms with Gasteiger partial charge in [-0.25, -0.2) is 0 Å². The summed E-state index contributed by atoms with van der Waals surface area (Å²) in [6, 6.07) is 1.42. The van der Waals surface area contributed by atoms with Crippen LogP contribution in [0.5, 0.6) is 0 Å². The number of H-pyrrole nitrogens is 1. The summed E-state index contributed by atoms with van der Waals surface area (Å²) in [4.78, 5) is 42.5. The molecular weight excluding hydrogens is 370 g/mol. The van der Waals surface area contributed by atoms with E-state index in [0.717, 1.165) is 38.8 Å². The van der Waals surface area contributed by atoms with Crippen molar-refractivity contribution in [2.75, 3.05) is 39.9 Å². The van der Waals surface area contributed by atoms with Gasteiger partial charge in [0.2, 0.25) is 5.91 Å². The van der Waals surface area contributed by atoms with E-state index in [1.807, 2.05) is 4.90 Å². The van der Waals surface area contributed by atoms with Crippen LogP contribution in [-0.4, -0.2) is 66.5 Å². The molecule has 3 rings (SSSR count). The maximum Gasteiger partial charge on any atom is 0.266 e. The number of hydrogen-bond acceptors (Lipinski definition) is 4. The summed E-state index contributed by atoms with van der Waals surface area (Å²) in [6.45, 7) is 3.45. The number of ether oxygens (including phenoxy) is 1. The first-order valence-electron chi connectivity index (χ1n) is 9.38. The minimum Gasteiger partial charge on any atom is -0.385 e. The summed E-state index contributed by atoms with van der Waals surface area (Å²) >= 11 is 5.83. The summed E-state index contributed by atoms with van der Waals surface area (Å²) in [5, 5.41) is 0.0202. The summed E-state index contributed by atoms with van der Waals surface area (Å²) in [5.74, 6) is 0.102. The number of pyridine rings is 1. The molecule has 0 unspecified atom stereocenters. The van der Waals surface area contributed by atoms with Crippen molar-refractivity contribution in [3.8, 4) is 0 Å². The lowest BCUT2D eigenvalue weighted by Gasteiger charge is -2.47. The van der Waals surface area contributed by atoms with Crippen LogP contribution in [0.4, 0.5) is 0 Å². The highest BCUT2D eigenvalue weighted by Crippen LogP contribution is 2.40. The second-order valence-corrected chi connectivity index (χ2v) is 7.93. The van der Waals surface area contributed by atoms with Crippen molar-refractivity contribution in [1.29, 1.82) is 0 Å². The van der Waals surface area contributed by atoms with Gasteiger partial charge in [0.05, 0.1) is 5.56 Å². The fourth-order valence-corrected chi connectivity index (χ4v) is 4.23. The maximum absolute atomic E-state index is 12.7. The molecule has 0 saturated carbocycles. The second-order valence-electron chi connectivity index (χ2n) is 7.52. The van der Waals surface area contributed by atoms with Gasteiger partial charge in [0, 0.05) is 52.5 Å². The zero-order valence-corrected chi connectivity index (χ0v) is 16.4. The quantitative estimate of drug-likeness (QED) is 0.772. The Morgan fingerprint density at radius 3 is 2.70 bits per heavy atom. The standard InChI is InChI=1S/C19H26ClN3O4/c1-27-10-2-7-23-13-19(4-3-16(23)24)5-8-22(9-6-19)18(26)14-11-15(20)17(25)21-12-14/h11-12H,2-10,13H2,1H3,(H,21,25). The number of rotatable bonds is 5. The van der Waals surface area contributed by atoms with Gasteiger partial charge in [0.1, 0.15) is 5.02 Å². The Hall–Kier alpha value is -1.86. The highest BCUT2D eigenvalue weighted by molar-refractivity contribution is 6.30. The highest BCUT2D eigenvalue weighted by atomic mass is 35.5. The first-order valence-corrected chi connectivity index (χ1v) is 9.76. The summed E-state index contributed by atoms with van der Waals surface area (Å²) in [7, 11) is 1.67. The minimum atomic E-state index is -0.397. The van der Waals surface area contributed by atoms with Crippen LogP contribution in [0.3, 0.4) is 0 Å². The van der Waals surface area contributed by atoms with E-state index in [-0.39, 0.29) is 22.3 Å². The topological polar surface area (TPSA) is 82.7 Å². The maximum atomic E-state index is 12.7. The van der Waals surface area contributed by atoms with Gasteiger partial charge in [-0.3, -0.25) is 14.4 Å². The van der Waals surface area contributed by atoms with Crippen molar-refractivity contribution in [1.82, 2.24) is 14.8 Å². The van der Waals surface area contributed by atoms with Crippen molar-refractivity contribution in [3.63, 3.8) is 0 Å². The molecule has 2 aliphatic rings. The van der Waals surface area contributed by atoms with E-state index in [2.05, 4.69) is 4.98 Å². The van der Waals surface area contributed by atoms with Crippen molar-refractivity contribution in [2.45, 2.75) is 32.1 Å². The van der Waals surface area contributed by atoms with E-state index < -0.39 is 5.56 Å². The zero-order valence-electron chi connectivity index (χ0n) is 15.6. The predicted octanol–water partition coefficient (Wildman–Crippen LogP) is 1.91. The molecule has 7 nitrogen and oxygen atoms in total. The Morgan fingerprint density at radius 2 is 2.04 bits per heavy atom. The van der Waals surface area contributed by atoms with E-state index in [0.29, 0.717) is 31.7 Å². The molecule has 0 aliphatic carbocycles. The summed E-state index contributed by atoms with van der Waals surface area (Å²) in [5.41, 5.74) is 0.0993. The monoisotopic (exact) mass is 395 g/mol. The molecule has 0 bridgehead atoms. The molecule has 2 fully saturated rings. The lowest BCUT2D eigenvalue weighted by molar-refractivity contribution is -0.139. The fraction of sp³-hybridized carbons (Fsp3) is 0.632. The molecule has 2 saturated heterocycles. The normalized spacial score (nSPS) is 19.6. The first-order chi connectivity index (χ1) is 12.9. The van der Waals surface area contributed by atoms with E-state index >= 15 is 0 Å². The molecule has 1 spiro atoms. The molecule has 0 atom stereocenters. The zero-order chi connectivity index (χ0) is 19.4. The molecule has 0 radical (unpaired) electrons. The van der Waals surface area contributed by atoms with E-state index in [1.165, 1.54) is 12.3 Å². The number of carbonyl (C=O) groups is 2. The third-order valence-corrected chi connectivity index (χ3v) is 6.02. The minimum absolute atomic E-state index is 0.0202. The molecule has 8 heteroatoms. The SMILES string of the molecule is COCCCN1CC2(CCC1=O)CCN(C(=O)c1c[nH]c(=O)c(Cl)c1)CC2. The van der Waals surface area contributed by atoms with Gasteiger partial charge in [-0.15, -0.1) is 0 Å². The molecule has 27 heavy (non-hydrogen) atoms. The molecular formula is C19H26ClN3O4. The average Bonchev–Trinajstić information content (AvgIpc) is 2.67. The number of methoxy groups -OCH3 is 1. The van der Waals surface area contributed by atoms with Gasteiger partial charge < -0.3 is 19.5 Å². The number of aromatic nitrogens is 1. The molecule has 1 aromatic heterocycles. The molecule has 2 aliphatic heterocycles. The summed E-state index contributed by atoms with van der Waals surface area (Å²) in [6.07, 6.45) is 5.48. The Bertz CT molecular complexity index is 756. The lowest BCUT2D eigenvalue weighted by atomic mass is 9.72. The van der Waals surface area contributed by atoms with Gasteiger partial charge >= 0.3 is 0 Å². The smallest absolute Gasteiger partial charge is 0.266 e. The molecule has 3 heterocycles. The Kier molecular flexibility index (Phi) is 6.22. The van der Waals surface area contributed by atoms with Gasteiger partial charge in [-0.2, -0.15) is 0 Å². The van der Waals surface area contributed by atoms with E-state index in [4.69, 9.17) is 16.3 Å². The largest absolute Gasteiger partial charge is 0.385 e. The van der Waals surface area contributed by atoms with Crippen LogP contribution >= 0.6 is 11.6 Å². The predicted molar refractivity (Wildman–Crippen MR) is 102 cm³/mol. The molecule has 1 aromatic rings. The summed E-state index contributed by atoms with van der Waals surface area (Å²) < 4.78 is 5.09. The van der Waals surface area contributed by atoms with Gasteiger partial charge in [0.25, 0.3) is 11.5 Å². The van der Waals surface area contributed by atoms with Crippen LogP contribution in [0.15, 0.2) is 17.1 Å². The van der Waals surface area contributed by atoms with Crippen LogP contribution in [0.25, 0.3) is 0 Å². The number of piperidine rings is 2. The van der Waals surface area contributed by atoms with Crippen molar-refractivity contribution in [2.24, 2.45) is 5.41 Å². The number of amides is 2. The van der Waals surface area contributed by atoms with Crippen molar-refractivity contribution in [3.05, 3.63) is 33.2 Å². The number of nitrogens with one attached hydrogen (secondary N) is 1. The van der Waals surface area contributed by atoms with Crippen LogP contribution in [-0.2, 0) is 9.53 Å². The first kappa shape index (κ1) is 19.9. The van der Waals surface area contributed by atoms with Crippen molar-refractivity contribution >= 4 is 23.4 Å². The fourth-order valence-electron chi connectivity index (χ4n) is 4.06. The highest BCUT2D eigenvalue weighted by Gasteiger charge is 2.41. The number of halogens is 1. The number of aromatic amines is 1. The van der Waals surface area contributed by atoms with Crippen LogP contribution < -0.4 is 5.56 Å². The molecule has 1 N–H and O–H groups in total. The number of likely N-dealkylation sites (tertiary alicyclic amines) is 2. The van der Waals surface area contributed by atoms with Crippen molar-refractivity contribution < 1.29 is 14.3 Å². The van der Waals surface area contributed by atoms with Gasteiger partial charge in [0.15, 0.2) is 0 Å². The van der Waals surface area contributed by atoms with Crippen LogP contribution in [0.2, 0.25) is 5.02 Å². The average molecular weight is 396 g/mol. The molecule has 2 amide bonds. The van der Waals surface area contributed by atoms with E-state index in [1.54, 1.807) is 12.0 Å². The third kappa shape index (κ3) is 4.52. The number of nitrogens with zero attached hydrogens (tertiary/aromatic N) is 2. The second kappa shape index (κ2) is 8.44. The van der Waals surface area contributed by atoms with Gasteiger partial charge in [-0.1, -0.05) is 11.6 Å². The number of carbonyl (C=O) groups excluding carboxylic acids is 2. The Morgan fingerprint density at radius 1 is 1.30 bits per heavy atom. The van der Waals surface area contributed by atoms with E-state index in [9.17, 15) is 14.4 Å². The molecule has 148 valence electrons. The van der Waals surface area contributed by atoms with Gasteiger partial charge in [-0.05, 0) is 37.2 Å². The Balaban J connectivity index is 1.60.